The average molecular weight is 273 g/mol. The van der Waals surface area contributed by atoms with Crippen LogP contribution in [0.1, 0.15) is 17.3 Å². The summed E-state index contributed by atoms with van der Waals surface area (Å²) in [6, 6.07) is 9.36. The Morgan fingerprint density at radius 1 is 1.40 bits per heavy atom. The molecule has 2 rings (SSSR count). The Balaban J connectivity index is 2.34. The first-order valence-electron chi connectivity index (χ1n) is 6.54. The molecule has 0 saturated heterocycles. The highest BCUT2D eigenvalue weighted by molar-refractivity contribution is 6.06. The third-order valence-corrected chi connectivity index (χ3v) is 3.17. The van der Waals surface area contributed by atoms with E-state index in [-0.39, 0.29) is 12.0 Å². The van der Waals surface area contributed by atoms with Gasteiger partial charge in [-0.2, -0.15) is 0 Å². The van der Waals surface area contributed by atoms with Crippen LogP contribution < -0.4 is 10.6 Å². The van der Waals surface area contributed by atoms with Crippen molar-refractivity contribution in [2.45, 2.75) is 13.0 Å². The first-order valence-corrected chi connectivity index (χ1v) is 6.54. The second kappa shape index (κ2) is 6.34. The molecule has 5 nitrogen and oxygen atoms in total. The van der Waals surface area contributed by atoms with Gasteiger partial charge in [0.15, 0.2) is 0 Å². The molecule has 20 heavy (non-hydrogen) atoms. The Bertz CT molecular complexity index is 613. The van der Waals surface area contributed by atoms with E-state index in [1.165, 1.54) is 0 Å². The topological polar surface area (TPSA) is 63.2 Å². The number of aromatic nitrogens is 1. The van der Waals surface area contributed by atoms with Gasteiger partial charge in [0.25, 0.3) is 5.91 Å². The monoisotopic (exact) mass is 273 g/mol. The largest absolute Gasteiger partial charge is 0.380 e. The SMILES string of the molecule is CNc1cc(C(=O)NCC(C)OC)c2ccccc2n1. The molecule has 0 spiro atoms. The zero-order chi connectivity index (χ0) is 14.5. The zero-order valence-corrected chi connectivity index (χ0v) is 11.9. The maximum absolute atomic E-state index is 12.3. The van der Waals surface area contributed by atoms with E-state index >= 15 is 0 Å². The van der Waals surface area contributed by atoms with Gasteiger partial charge in [0, 0.05) is 26.1 Å². The molecule has 1 aromatic carbocycles. The Morgan fingerprint density at radius 2 is 2.15 bits per heavy atom. The summed E-state index contributed by atoms with van der Waals surface area (Å²) in [5.74, 6) is 0.553. The van der Waals surface area contributed by atoms with Gasteiger partial charge >= 0.3 is 0 Å². The summed E-state index contributed by atoms with van der Waals surface area (Å²) in [5.41, 5.74) is 1.41. The number of nitrogens with zero attached hydrogens (tertiary/aromatic N) is 1. The Labute approximate surface area is 118 Å². The van der Waals surface area contributed by atoms with Crippen LogP contribution in [0.3, 0.4) is 0 Å². The summed E-state index contributed by atoms with van der Waals surface area (Å²) in [6.07, 6.45) is -0.0178. The summed E-state index contributed by atoms with van der Waals surface area (Å²) < 4.78 is 5.13. The van der Waals surface area contributed by atoms with Crippen molar-refractivity contribution in [3.63, 3.8) is 0 Å². The molecular formula is C15H19N3O2. The molecule has 1 atom stereocenters. The first kappa shape index (κ1) is 14.3. The lowest BCUT2D eigenvalue weighted by Gasteiger charge is -2.13. The van der Waals surface area contributed by atoms with Gasteiger partial charge in [-0.05, 0) is 19.1 Å². The molecule has 0 aliphatic carbocycles. The number of hydrogen-bond acceptors (Lipinski definition) is 4. The van der Waals surface area contributed by atoms with Crippen LogP contribution in [0.4, 0.5) is 5.82 Å². The molecule has 2 aromatic rings. The molecule has 0 aliphatic heterocycles. The van der Waals surface area contributed by atoms with E-state index in [9.17, 15) is 4.79 Å². The van der Waals surface area contributed by atoms with Crippen LogP contribution in [-0.2, 0) is 4.74 Å². The molecule has 106 valence electrons. The molecule has 1 unspecified atom stereocenters. The molecule has 0 bridgehead atoms. The number of rotatable bonds is 5. The van der Waals surface area contributed by atoms with Crippen LogP contribution in [-0.4, -0.2) is 37.7 Å². The lowest BCUT2D eigenvalue weighted by molar-refractivity contribution is 0.0872. The van der Waals surface area contributed by atoms with Gasteiger partial charge in [-0.1, -0.05) is 18.2 Å². The van der Waals surface area contributed by atoms with Crippen molar-refractivity contribution in [3.8, 4) is 0 Å². The lowest BCUT2D eigenvalue weighted by Crippen LogP contribution is -2.31. The number of amides is 1. The highest BCUT2D eigenvalue weighted by atomic mass is 16.5. The van der Waals surface area contributed by atoms with Crippen LogP contribution in [0.5, 0.6) is 0 Å². The number of nitrogens with one attached hydrogen (secondary N) is 2. The number of anilines is 1. The maximum atomic E-state index is 12.3. The minimum Gasteiger partial charge on any atom is -0.380 e. The van der Waals surface area contributed by atoms with Crippen LogP contribution in [0.25, 0.3) is 10.9 Å². The Kier molecular flexibility index (Phi) is 4.53. The molecule has 1 aromatic heterocycles. The van der Waals surface area contributed by atoms with E-state index in [1.807, 2.05) is 31.2 Å². The van der Waals surface area contributed by atoms with Gasteiger partial charge in [0.05, 0.1) is 17.2 Å². The van der Waals surface area contributed by atoms with E-state index in [4.69, 9.17) is 4.74 Å². The second-order valence-electron chi connectivity index (χ2n) is 4.58. The quantitative estimate of drug-likeness (QED) is 0.875. The third kappa shape index (κ3) is 3.05. The summed E-state index contributed by atoms with van der Waals surface area (Å²) in [4.78, 5) is 16.8. The standard InChI is InChI=1S/C15H19N3O2/c1-10(20-3)9-17-15(19)12-8-14(16-2)18-13-7-5-4-6-11(12)13/h4-8,10H,9H2,1-3H3,(H,16,18)(H,17,19). The predicted octanol–water partition coefficient (Wildman–Crippen LogP) is 2.04. The number of carbonyl (C=O) groups excluding carboxylic acids is 1. The minimum absolute atomic E-state index is 0.0178. The molecule has 1 heterocycles. The number of para-hydroxylation sites is 1. The summed E-state index contributed by atoms with van der Waals surface area (Å²) >= 11 is 0. The Morgan fingerprint density at radius 3 is 2.85 bits per heavy atom. The van der Waals surface area contributed by atoms with Gasteiger partial charge in [-0.25, -0.2) is 4.98 Å². The highest BCUT2D eigenvalue weighted by Crippen LogP contribution is 2.20. The van der Waals surface area contributed by atoms with Crippen LogP contribution in [0.15, 0.2) is 30.3 Å². The molecule has 5 heteroatoms. The number of fused-ring (bicyclic) bond motifs is 1. The predicted molar refractivity (Wildman–Crippen MR) is 80.1 cm³/mol. The maximum Gasteiger partial charge on any atom is 0.252 e. The second-order valence-corrected chi connectivity index (χ2v) is 4.58. The van der Waals surface area contributed by atoms with Crippen molar-refractivity contribution in [3.05, 3.63) is 35.9 Å². The normalized spacial score (nSPS) is 12.2. The van der Waals surface area contributed by atoms with Gasteiger partial charge in [0.2, 0.25) is 0 Å². The van der Waals surface area contributed by atoms with Gasteiger partial charge in [-0.15, -0.1) is 0 Å². The number of methoxy groups -OCH3 is 1. The van der Waals surface area contributed by atoms with Gasteiger partial charge < -0.3 is 15.4 Å². The Hall–Kier alpha value is -2.14. The minimum atomic E-state index is -0.121. The van der Waals surface area contributed by atoms with Crippen molar-refractivity contribution in [2.24, 2.45) is 0 Å². The van der Waals surface area contributed by atoms with E-state index in [0.717, 1.165) is 10.9 Å². The molecule has 0 fully saturated rings. The van der Waals surface area contributed by atoms with Crippen molar-refractivity contribution < 1.29 is 9.53 Å². The fraction of sp³-hybridized carbons (Fsp3) is 0.333. The van der Waals surface area contributed by atoms with E-state index < -0.39 is 0 Å². The highest BCUT2D eigenvalue weighted by Gasteiger charge is 2.13. The molecule has 0 aliphatic rings. The number of carbonyl (C=O) groups is 1. The van der Waals surface area contributed by atoms with Crippen molar-refractivity contribution in [2.75, 3.05) is 26.0 Å². The number of ether oxygens (including phenoxy) is 1. The lowest BCUT2D eigenvalue weighted by atomic mass is 10.1. The van der Waals surface area contributed by atoms with Crippen molar-refractivity contribution >= 4 is 22.6 Å². The fourth-order valence-electron chi connectivity index (χ4n) is 1.91. The smallest absolute Gasteiger partial charge is 0.252 e. The van der Waals surface area contributed by atoms with Crippen LogP contribution in [0.2, 0.25) is 0 Å². The molecule has 1 amide bonds. The number of benzene rings is 1. The molecule has 2 N–H and O–H groups in total. The van der Waals surface area contributed by atoms with Gasteiger partial charge in [0.1, 0.15) is 5.82 Å². The van der Waals surface area contributed by atoms with Crippen molar-refractivity contribution in [1.29, 1.82) is 0 Å². The number of pyridine rings is 1. The fourth-order valence-corrected chi connectivity index (χ4v) is 1.91. The van der Waals surface area contributed by atoms with Crippen molar-refractivity contribution in [1.82, 2.24) is 10.3 Å². The first-order chi connectivity index (χ1) is 9.65. The van der Waals surface area contributed by atoms with E-state index in [2.05, 4.69) is 15.6 Å². The van der Waals surface area contributed by atoms with Crippen LogP contribution >= 0.6 is 0 Å². The molecular weight excluding hydrogens is 254 g/mol. The van der Waals surface area contributed by atoms with Gasteiger partial charge in [-0.3, -0.25) is 4.79 Å². The summed E-state index contributed by atoms with van der Waals surface area (Å²) in [5, 5.41) is 6.69. The number of hydrogen-bond donors (Lipinski definition) is 2. The molecule has 0 radical (unpaired) electrons. The zero-order valence-electron chi connectivity index (χ0n) is 11.9. The van der Waals surface area contributed by atoms with E-state index in [0.29, 0.717) is 17.9 Å². The van der Waals surface area contributed by atoms with Crippen LogP contribution in [0, 0.1) is 0 Å². The molecule has 0 saturated carbocycles. The summed E-state index contributed by atoms with van der Waals surface area (Å²) in [7, 11) is 3.41. The van der Waals surface area contributed by atoms with E-state index in [1.54, 1.807) is 20.2 Å². The average Bonchev–Trinajstić information content (AvgIpc) is 2.50. The summed E-state index contributed by atoms with van der Waals surface area (Å²) in [6.45, 7) is 2.38. The third-order valence-electron chi connectivity index (χ3n) is 3.17.